The Morgan fingerprint density at radius 1 is 0.867 bits per heavy atom. The fourth-order valence-electron chi connectivity index (χ4n) is 3.71. The predicted octanol–water partition coefficient (Wildman–Crippen LogP) is -1.78. The van der Waals surface area contributed by atoms with E-state index in [4.69, 9.17) is 9.47 Å². The summed E-state index contributed by atoms with van der Waals surface area (Å²) in [7, 11) is 0. The largest absolute Gasteiger partial charge is 1.00 e. The standard InChI is InChI=1S/C20H9I3O5.2Na/c21-12-5-10-15(7-14(12)24)27-18-11(6-13(22)17(25)16(18)23)20(10)9-4-2-1-3-8(9)19(26)28-20;;/h1-7,24-25H;;/q;2*+1/p-2. The van der Waals surface area contributed by atoms with Crippen LogP contribution in [0.3, 0.4) is 0 Å². The number of hydrogen-bond acceptors (Lipinski definition) is 5. The van der Waals surface area contributed by atoms with Crippen LogP contribution in [0.5, 0.6) is 23.0 Å². The van der Waals surface area contributed by atoms with E-state index in [-0.39, 0.29) is 70.6 Å². The molecule has 30 heavy (non-hydrogen) atoms. The van der Waals surface area contributed by atoms with Gasteiger partial charge >= 0.3 is 65.1 Å². The van der Waals surface area contributed by atoms with Crippen molar-refractivity contribution < 1.29 is 83.6 Å². The number of fused-ring (bicyclic) bond motifs is 6. The Labute approximate surface area is 257 Å². The van der Waals surface area contributed by atoms with Gasteiger partial charge < -0.3 is 19.7 Å². The van der Waals surface area contributed by atoms with Crippen molar-refractivity contribution >= 4 is 73.7 Å². The van der Waals surface area contributed by atoms with Crippen molar-refractivity contribution in [2.75, 3.05) is 0 Å². The van der Waals surface area contributed by atoms with Crippen LogP contribution in [0, 0.1) is 10.7 Å². The molecule has 0 amide bonds. The number of carbonyl (C=O) groups is 1. The fraction of sp³-hybridized carbons (Fsp3) is 0.0500. The van der Waals surface area contributed by atoms with Crippen LogP contribution in [0.1, 0.15) is 27.0 Å². The van der Waals surface area contributed by atoms with Crippen molar-refractivity contribution in [1.82, 2.24) is 0 Å². The zero-order valence-electron chi connectivity index (χ0n) is 15.7. The number of ether oxygens (including phenoxy) is 2. The monoisotopic (exact) mass is 754 g/mol. The van der Waals surface area contributed by atoms with Crippen molar-refractivity contribution in [2.45, 2.75) is 5.60 Å². The molecule has 0 radical (unpaired) electrons. The van der Waals surface area contributed by atoms with Crippen molar-refractivity contribution in [3.8, 4) is 23.0 Å². The summed E-state index contributed by atoms with van der Waals surface area (Å²) in [6.07, 6.45) is 0. The van der Waals surface area contributed by atoms with E-state index in [1.54, 1.807) is 24.3 Å². The van der Waals surface area contributed by atoms with E-state index in [0.29, 0.717) is 44.5 Å². The molecule has 1 spiro atoms. The Kier molecular flexibility index (Phi) is 7.74. The third kappa shape index (κ3) is 3.56. The SMILES string of the molecule is O=C1OC2(c3cc(I)c([O-])cc3Oc3c2cc(I)c([O-])c3I)c2ccccc21.[Na+].[Na+]. The van der Waals surface area contributed by atoms with E-state index < -0.39 is 11.6 Å². The Balaban J connectivity index is 0.00000128. The van der Waals surface area contributed by atoms with E-state index in [2.05, 4.69) is 0 Å². The molecule has 0 bridgehead atoms. The Morgan fingerprint density at radius 2 is 1.53 bits per heavy atom. The molecule has 3 aromatic rings. The second-order valence-corrected chi connectivity index (χ2v) is 9.78. The van der Waals surface area contributed by atoms with Crippen molar-refractivity contribution in [3.63, 3.8) is 0 Å². The Bertz CT molecular complexity index is 1220. The number of benzene rings is 3. The molecule has 1 unspecified atom stereocenters. The van der Waals surface area contributed by atoms with Gasteiger partial charge in [0.1, 0.15) is 11.5 Å². The second-order valence-electron chi connectivity index (χ2n) is 6.38. The number of hydrogen-bond donors (Lipinski definition) is 0. The molecular weight excluding hydrogens is 747 g/mol. The van der Waals surface area contributed by atoms with Crippen LogP contribution in [0.15, 0.2) is 42.5 Å². The van der Waals surface area contributed by atoms with Crippen LogP contribution in [0.4, 0.5) is 0 Å². The van der Waals surface area contributed by atoms with E-state index in [1.807, 2.05) is 79.9 Å². The average molecular weight is 754 g/mol. The van der Waals surface area contributed by atoms with Crippen molar-refractivity contribution in [2.24, 2.45) is 0 Å². The van der Waals surface area contributed by atoms with E-state index >= 15 is 0 Å². The number of halogens is 3. The number of carbonyl (C=O) groups excluding carboxylic acids is 1. The van der Waals surface area contributed by atoms with Gasteiger partial charge in [0.05, 0.1) is 5.56 Å². The number of rotatable bonds is 0. The van der Waals surface area contributed by atoms with E-state index in [9.17, 15) is 15.0 Å². The molecule has 3 aromatic carbocycles. The van der Waals surface area contributed by atoms with Gasteiger partial charge in [-0.05, 0) is 92.0 Å². The minimum atomic E-state index is -1.27. The molecular formula is C20H7I3Na2O5. The van der Waals surface area contributed by atoms with Gasteiger partial charge in [0.25, 0.3) is 0 Å². The zero-order chi connectivity index (χ0) is 19.8. The van der Waals surface area contributed by atoms with Gasteiger partial charge in [0, 0.05) is 27.4 Å². The molecule has 1 atom stereocenters. The maximum Gasteiger partial charge on any atom is 1.00 e. The minimum absolute atomic E-state index is 0. The summed E-state index contributed by atoms with van der Waals surface area (Å²) in [5, 5.41) is 24.8. The third-order valence-electron chi connectivity index (χ3n) is 4.91. The Morgan fingerprint density at radius 3 is 2.27 bits per heavy atom. The van der Waals surface area contributed by atoms with Crippen LogP contribution in [0.2, 0.25) is 0 Å². The van der Waals surface area contributed by atoms with Gasteiger partial charge in [0.2, 0.25) is 0 Å². The summed E-state index contributed by atoms with van der Waals surface area (Å²) in [5.41, 5.74) is 1.02. The van der Waals surface area contributed by atoms with E-state index in [1.165, 1.54) is 6.07 Å². The molecule has 0 aliphatic carbocycles. The van der Waals surface area contributed by atoms with Gasteiger partial charge in [-0.25, -0.2) is 4.79 Å². The molecule has 2 aliphatic heterocycles. The topological polar surface area (TPSA) is 81.7 Å². The van der Waals surface area contributed by atoms with Crippen LogP contribution < -0.4 is 74.1 Å². The maximum absolute atomic E-state index is 12.8. The minimum Gasteiger partial charge on any atom is -0.872 e. The summed E-state index contributed by atoms with van der Waals surface area (Å²) in [5.74, 6) is -0.196. The molecule has 5 rings (SSSR count). The second kappa shape index (κ2) is 9.16. The quantitative estimate of drug-likeness (QED) is 0.154. The summed E-state index contributed by atoms with van der Waals surface area (Å²) >= 11 is 5.88. The summed E-state index contributed by atoms with van der Waals surface area (Å²) in [6.45, 7) is 0. The molecule has 0 fully saturated rings. The molecule has 10 heteroatoms. The van der Waals surface area contributed by atoms with E-state index in [0.717, 1.165) is 0 Å². The van der Waals surface area contributed by atoms with Crippen LogP contribution in [-0.4, -0.2) is 5.97 Å². The predicted molar refractivity (Wildman–Crippen MR) is 122 cm³/mol. The Hall–Kier alpha value is 0.720. The van der Waals surface area contributed by atoms with Crippen LogP contribution in [-0.2, 0) is 10.3 Å². The molecule has 5 nitrogen and oxygen atoms in total. The van der Waals surface area contributed by atoms with Crippen LogP contribution in [0.25, 0.3) is 0 Å². The summed E-state index contributed by atoms with van der Waals surface area (Å²) in [4.78, 5) is 12.8. The molecule has 0 aromatic heterocycles. The average Bonchev–Trinajstić information content (AvgIpc) is 2.97. The number of esters is 1. The van der Waals surface area contributed by atoms with Crippen molar-refractivity contribution in [1.29, 1.82) is 0 Å². The first-order valence-electron chi connectivity index (χ1n) is 8.06. The molecule has 0 saturated carbocycles. The zero-order valence-corrected chi connectivity index (χ0v) is 26.2. The fourth-order valence-corrected chi connectivity index (χ4v) is 5.97. The normalized spacial score (nSPS) is 17.6. The summed E-state index contributed by atoms with van der Waals surface area (Å²) in [6, 6.07) is 11.9. The first-order valence-corrected chi connectivity index (χ1v) is 11.3. The smallest absolute Gasteiger partial charge is 0.872 e. The van der Waals surface area contributed by atoms with Gasteiger partial charge in [-0.1, -0.05) is 29.7 Å². The van der Waals surface area contributed by atoms with Gasteiger partial charge in [0.15, 0.2) is 5.60 Å². The van der Waals surface area contributed by atoms with Crippen molar-refractivity contribution in [3.05, 3.63) is 75.4 Å². The first kappa shape index (κ1) is 25.3. The van der Waals surface area contributed by atoms with Crippen LogP contribution >= 0.6 is 67.8 Å². The van der Waals surface area contributed by atoms with Gasteiger partial charge in [-0.2, -0.15) is 0 Å². The summed E-state index contributed by atoms with van der Waals surface area (Å²) < 4.78 is 13.4. The maximum atomic E-state index is 12.8. The molecule has 0 saturated heterocycles. The third-order valence-corrected chi connectivity index (χ3v) is 7.53. The van der Waals surface area contributed by atoms with Gasteiger partial charge in [-0.15, -0.1) is 0 Å². The van der Waals surface area contributed by atoms with Gasteiger partial charge in [-0.3, -0.25) is 0 Å². The first-order chi connectivity index (χ1) is 13.3. The molecule has 0 N–H and O–H groups in total. The molecule has 140 valence electrons. The molecule has 2 heterocycles. The molecule has 2 aliphatic rings.